The highest BCUT2D eigenvalue weighted by Gasteiger charge is 2.42. The number of amides is 1. The Balaban J connectivity index is 1.32. The summed E-state index contributed by atoms with van der Waals surface area (Å²) in [6.07, 6.45) is 6.72. The van der Waals surface area contributed by atoms with Crippen LogP contribution in [0.15, 0.2) is 30.5 Å². The lowest BCUT2D eigenvalue weighted by atomic mass is 9.84. The van der Waals surface area contributed by atoms with Crippen LogP contribution in [0, 0.1) is 29.4 Å². The van der Waals surface area contributed by atoms with Crippen LogP contribution in [-0.4, -0.2) is 21.7 Å². The minimum Gasteiger partial charge on any atom is -0.468 e. The summed E-state index contributed by atoms with van der Waals surface area (Å²) in [6.45, 7) is 2.00. The van der Waals surface area contributed by atoms with E-state index in [0.29, 0.717) is 11.6 Å². The molecule has 4 unspecified atom stereocenters. The van der Waals surface area contributed by atoms with Crippen molar-refractivity contribution in [2.24, 2.45) is 17.8 Å². The molecule has 5 nitrogen and oxygen atoms in total. The lowest BCUT2D eigenvalue weighted by Gasteiger charge is -2.28. The molecular formula is C20H23F2N3O2. The quantitative estimate of drug-likeness (QED) is 0.837. The summed E-state index contributed by atoms with van der Waals surface area (Å²) in [7, 11) is 0. The first-order valence-corrected chi connectivity index (χ1v) is 9.42. The zero-order valence-corrected chi connectivity index (χ0v) is 15.2. The Kier molecular flexibility index (Phi) is 4.85. The molecule has 27 heavy (non-hydrogen) atoms. The fourth-order valence-electron chi connectivity index (χ4n) is 4.58. The van der Waals surface area contributed by atoms with Gasteiger partial charge in [0.1, 0.15) is 11.5 Å². The number of ether oxygens (including phenoxy) is 1. The standard InChI is InChI=1S/C20H23F2N3O2/c1-12(16-9-13-2-3-14(16)8-13)23-20(26)18-6-7-25(24-18)11-27-19-5-4-15(21)10-17(19)22/h4-7,10,12-14,16H,2-3,8-9,11H2,1H3,(H,23,26). The van der Waals surface area contributed by atoms with Gasteiger partial charge in [0, 0.05) is 18.3 Å². The number of aromatic nitrogens is 2. The van der Waals surface area contributed by atoms with Gasteiger partial charge in [-0.15, -0.1) is 0 Å². The number of fused-ring (bicyclic) bond motifs is 2. The maximum absolute atomic E-state index is 13.6. The van der Waals surface area contributed by atoms with E-state index in [2.05, 4.69) is 17.3 Å². The van der Waals surface area contributed by atoms with Crippen molar-refractivity contribution in [2.75, 3.05) is 0 Å². The molecule has 1 amide bonds. The van der Waals surface area contributed by atoms with Crippen molar-refractivity contribution in [3.63, 3.8) is 0 Å². The third-order valence-electron chi connectivity index (χ3n) is 5.91. The molecule has 4 rings (SSSR count). The number of hydrogen-bond donors (Lipinski definition) is 1. The molecule has 2 fully saturated rings. The SMILES string of the molecule is CC(NC(=O)c1ccn(COc2ccc(F)cc2F)n1)C1CC2CCC1C2. The van der Waals surface area contributed by atoms with E-state index in [1.165, 1.54) is 36.4 Å². The average Bonchev–Trinajstić information content (AvgIpc) is 3.37. The van der Waals surface area contributed by atoms with Gasteiger partial charge in [0.15, 0.2) is 18.3 Å². The molecule has 2 aliphatic carbocycles. The first-order valence-electron chi connectivity index (χ1n) is 9.42. The number of carbonyl (C=O) groups excluding carboxylic acids is 1. The third kappa shape index (κ3) is 3.82. The van der Waals surface area contributed by atoms with Crippen LogP contribution < -0.4 is 10.1 Å². The molecule has 2 aromatic rings. The summed E-state index contributed by atoms with van der Waals surface area (Å²) >= 11 is 0. The Morgan fingerprint density at radius 2 is 2.19 bits per heavy atom. The summed E-state index contributed by atoms with van der Waals surface area (Å²) < 4.78 is 33.2. The van der Waals surface area contributed by atoms with Crippen molar-refractivity contribution in [1.29, 1.82) is 0 Å². The molecule has 0 radical (unpaired) electrons. The van der Waals surface area contributed by atoms with E-state index in [9.17, 15) is 13.6 Å². The number of rotatable bonds is 6. The van der Waals surface area contributed by atoms with Gasteiger partial charge in [0.05, 0.1) is 0 Å². The van der Waals surface area contributed by atoms with E-state index >= 15 is 0 Å². The molecular weight excluding hydrogens is 352 g/mol. The number of hydrogen-bond acceptors (Lipinski definition) is 3. The Bertz CT molecular complexity index is 838. The van der Waals surface area contributed by atoms with Gasteiger partial charge in [-0.25, -0.2) is 13.5 Å². The predicted molar refractivity (Wildman–Crippen MR) is 95.1 cm³/mol. The number of halogens is 2. The normalized spacial score (nSPS) is 24.8. The number of carbonyl (C=O) groups is 1. The fraction of sp³-hybridized carbons (Fsp3) is 0.500. The smallest absolute Gasteiger partial charge is 0.271 e. The minimum absolute atomic E-state index is 0.0668. The van der Waals surface area contributed by atoms with E-state index in [-0.39, 0.29) is 24.4 Å². The number of benzene rings is 1. The van der Waals surface area contributed by atoms with Crippen molar-refractivity contribution in [1.82, 2.24) is 15.1 Å². The van der Waals surface area contributed by atoms with Crippen LogP contribution in [0.25, 0.3) is 0 Å². The highest BCUT2D eigenvalue weighted by atomic mass is 19.1. The monoisotopic (exact) mass is 375 g/mol. The number of nitrogens with zero attached hydrogens (tertiary/aromatic N) is 2. The van der Waals surface area contributed by atoms with Crippen LogP contribution in [0.1, 0.15) is 43.1 Å². The second-order valence-corrected chi connectivity index (χ2v) is 7.69. The van der Waals surface area contributed by atoms with Gasteiger partial charge in [-0.3, -0.25) is 4.79 Å². The van der Waals surface area contributed by atoms with E-state index in [1.807, 2.05) is 0 Å². The third-order valence-corrected chi connectivity index (χ3v) is 5.91. The van der Waals surface area contributed by atoms with E-state index in [0.717, 1.165) is 24.0 Å². The zero-order valence-electron chi connectivity index (χ0n) is 15.2. The van der Waals surface area contributed by atoms with Crippen molar-refractivity contribution in [3.05, 3.63) is 47.8 Å². The maximum atomic E-state index is 13.6. The largest absolute Gasteiger partial charge is 0.468 e. The van der Waals surface area contributed by atoms with Gasteiger partial charge in [-0.2, -0.15) is 5.10 Å². The highest BCUT2D eigenvalue weighted by molar-refractivity contribution is 5.92. The lowest BCUT2D eigenvalue weighted by molar-refractivity contribution is 0.0908. The molecule has 1 heterocycles. The Morgan fingerprint density at radius 3 is 2.89 bits per heavy atom. The molecule has 1 aromatic carbocycles. The fourth-order valence-corrected chi connectivity index (χ4v) is 4.58. The van der Waals surface area contributed by atoms with E-state index in [1.54, 1.807) is 12.3 Å². The average molecular weight is 375 g/mol. The topological polar surface area (TPSA) is 56.2 Å². The summed E-state index contributed by atoms with van der Waals surface area (Å²) in [5.41, 5.74) is 0.299. The number of nitrogens with one attached hydrogen (secondary N) is 1. The highest BCUT2D eigenvalue weighted by Crippen LogP contribution is 2.49. The van der Waals surface area contributed by atoms with Gasteiger partial charge in [0.2, 0.25) is 0 Å². The van der Waals surface area contributed by atoms with Crippen molar-refractivity contribution in [2.45, 2.75) is 45.4 Å². The van der Waals surface area contributed by atoms with Gasteiger partial charge in [0.25, 0.3) is 5.91 Å². The summed E-state index contributed by atoms with van der Waals surface area (Å²) in [5.74, 6) is 0.408. The first kappa shape index (κ1) is 17.9. The molecule has 2 bridgehead atoms. The van der Waals surface area contributed by atoms with Crippen LogP contribution in [0.4, 0.5) is 8.78 Å². The van der Waals surface area contributed by atoms with E-state index < -0.39 is 11.6 Å². The Hall–Kier alpha value is -2.44. The Morgan fingerprint density at radius 1 is 1.33 bits per heavy atom. The minimum atomic E-state index is -0.778. The molecule has 0 saturated heterocycles. The van der Waals surface area contributed by atoms with Gasteiger partial charge in [-0.1, -0.05) is 6.42 Å². The van der Waals surface area contributed by atoms with Crippen molar-refractivity contribution < 1.29 is 18.3 Å². The zero-order chi connectivity index (χ0) is 19.0. The van der Waals surface area contributed by atoms with Gasteiger partial charge < -0.3 is 10.1 Å². The van der Waals surface area contributed by atoms with Crippen LogP contribution in [-0.2, 0) is 6.73 Å². The Labute approximate surface area is 156 Å². The molecule has 2 saturated carbocycles. The molecule has 1 N–H and O–H groups in total. The van der Waals surface area contributed by atoms with Crippen LogP contribution in [0.2, 0.25) is 0 Å². The molecule has 0 spiro atoms. The van der Waals surface area contributed by atoms with Crippen LogP contribution >= 0.6 is 0 Å². The van der Waals surface area contributed by atoms with Gasteiger partial charge >= 0.3 is 0 Å². The molecule has 2 aliphatic rings. The molecule has 0 aliphatic heterocycles. The van der Waals surface area contributed by atoms with Crippen LogP contribution in [0.5, 0.6) is 5.75 Å². The predicted octanol–water partition coefficient (Wildman–Crippen LogP) is 3.75. The molecule has 1 aromatic heterocycles. The summed E-state index contributed by atoms with van der Waals surface area (Å²) in [5, 5.41) is 7.25. The van der Waals surface area contributed by atoms with Crippen molar-refractivity contribution >= 4 is 5.91 Å². The maximum Gasteiger partial charge on any atom is 0.271 e. The van der Waals surface area contributed by atoms with E-state index in [4.69, 9.17) is 4.74 Å². The summed E-state index contributed by atoms with van der Waals surface area (Å²) in [6, 6.07) is 4.83. The molecule has 144 valence electrons. The van der Waals surface area contributed by atoms with Crippen molar-refractivity contribution in [3.8, 4) is 5.75 Å². The second-order valence-electron chi connectivity index (χ2n) is 7.69. The molecule has 7 heteroatoms. The molecule has 4 atom stereocenters. The lowest BCUT2D eigenvalue weighted by Crippen LogP contribution is -2.40. The second kappa shape index (κ2) is 7.29. The summed E-state index contributed by atoms with van der Waals surface area (Å²) in [4.78, 5) is 12.5. The first-order chi connectivity index (χ1) is 13.0. The van der Waals surface area contributed by atoms with Crippen LogP contribution in [0.3, 0.4) is 0 Å². The van der Waals surface area contributed by atoms with Gasteiger partial charge in [-0.05, 0) is 62.1 Å².